The molecule has 0 atom stereocenters. The van der Waals surface area contributed by atoms with Crippen molar-refractivity contribution in [1.82, 2.24) is 14.9 Å². The van der Waals surface area contributed by atoms with Crippen LogP contribution in [0.1, 0.15) is 23.2 Å². The average Bonchev–Trinajstić information content (AvgIpc) is 3.43. The number of nitrogens with zero attached hydrogens (tertiary/aromatic N) is 3. The van der Waals surface area contributed by atoms with Gasteiger partial charge in [-0.25, -0.2) is 4.98 Å². The molecule has 8 heteroatoms. The van der Waals surface area contributed by atoms with Crippen molar-refractivity contribution < 1.29 is 9.59 Å². The number of amides is 2. The molecule has 0 bridgehead atoms. The Kier molecular flexibility index (Phi) is 7.33. The number of hydrogen-bond acceptors (Lipinski definition) is 5. The number of aromatic nitrogens is 2. The van der Waals surface area contributed by atoms with Gasteiger partial charge in [-0.2, -0.15) is 0 Å². The van der Waals surface area contributed by atoms with Crippen LogP contribution >= 0.6 is 11.8 Å². The van der Waals surface area contributed by atoms with Gasteiger partial charge in [0, 0.05) is 59.5 Å². The van der Waals surface area contributed by atoms with E-state index in [9.17, 15) is 9.59 Å². The summed E-state index contributed by atoms with van der Waals surface area (Å²) >= 11 is 1.79. The summed E-state index contributed by atoms with van der Waals surface area (Å²) in [6.45, 7) is 1.90. The Morgan fingerprint density at radius 2 is 1.64 bits per heavy atom. The lowest BCUT2D eigenvalue weighted by atomic mass is 10.1. The summed E-state index contributed by atoms with van der Waals surface area (Å²) in [5.74, 6) is -0.263. The molecule has 1 aliphatic rings. The SMILES string of the molecule is O=C(CCn1ccnc1)Nc1cccc(C(=O)NCCCN2c3ccccc3Sc3ccccc32)c1. The molecule has 1 aliphatic heterocycles. The monoisotopic (exact) mass is 497 g/mol. The normalized spacial score (nSPS) is 11.9. The number of fused-ring (bicyclic) bond motifs is 2. The van der Waals surface area contributed by atoms with Crippen LogP contribution in [0, 0.1) is 0 Å². The lowest BCUT2D eigenvalue weighted by Crippen LogP contribution is -2.29. The number of nitrogens with one attached hydrogen (secondary N) is 2. The van der Waals surface area contributed by atoms with Gasteiger partial charge in [-0.05, 0) is 48.9 Å². The molecule has 2 N–H and O–H groups in total. The number of anilines is 3. The second-order valence-corrected chi connectivity index (χ2v) is 9.56. The van der Waals surface area contributed by atoms with Gasteiger partial charge in [0.25, 0.3) is 5.91 Å². The highest BCUT2D eigenvalue weighted by Crippen LogP contribution is 2.47. The molecule has 0 saturated carbocycles. The molecule has 0 spiro atoms. The molecule has 182 valence electrons. The minimum atomic E-state index is -0.153. The highest BCUT2D eigenvalue weighted by atomic mass is 32.2. The van der Waals surface area contributed by atoms with E-state index in [1.54, 1.807) is 48.6 Å². The van der Waals surface area contributed by atoms with Crippen molar-refractivity contribution in [2.75, 3.05) is 23.3 Å². The maximum absolute atomic E-state index is 12.8. The zero-order chi connectivity index (χ0) is 24.7. The van der Waals surface area contributed by atoms with E-state index in [2.05, 4.69) is 69.0 Å². The first kappa shape index (κ1) is 23.7. The number of para-hydroxylation sites is 2. The van der Waals surface area contributed by atoms with E-state index in [1.807, 2.05) is 10.8 Å². The minimum absolute atomic E-state index is 0.110. The van der Waals surface area contributed by atoms with E-state index in [4.69, 9.17) is 0 Å². The summed E-state index contributed by atoms with van der Waals surface area (Å²) in [5, 5.41) is 5.88. The molecule has 36 heavy (non-hydrogen) atoms. The first-order chi connectivity index (χ1) is 17.7. The Morgan fingerprint density at radius 3 is 2.36 bits per heavy atom. The quantitative estimate of drug-likeness (QED) is 0.306. The van der Waals surface area contributed by atoms with Gasteiger partial charge < -0.3 is 20.1 Å². The van der Waals surface area contributed by atoms with E-state index in [-0.39, 0.29) is 11.8 Å². The van der Waals surface area contributed by atoms with E-state index >= 15 is 0 Å². The van der Waals surface area contributed by atoms with Crippen LogP contribution < -0.4 is 15.5 Å². The Morgan fingerprint density at radius 1 is 0.889 bits per heavy atom. The Hall–Kier alpha value is -4.04. The number of benzene rings is 3. The van der Waals surface area contributed by atoms with Crippen LogP contribution in [0.25, 0.3) is 0 Å². The van der Waals surface area contributed by atoms with Crippen LogP contribution in [-0.2, 0) is 11.3 Å². The summed E-state index contributed by atoms with van der Waals surface area (Å²) < 4.78 is 1.85. The molecule has 0 saturated heterocycles. The lowest BCUT2D eigenvalue weighted by Gasteiger charge is -2.32. The van der Waals surface area contributed by atoms with E-state index in [1.165, 1.54) is 21.2 Å². The fourth-order valence-electron chi connectivity index (χ4n) is 4.17. The lowest BCUT2D eigenvalue weighted by molar-refractivity contribution is -0.116. The van der Waals surface area contributed by atoms with Gasteiger partial charge in [-0.3, -0.25) is 9.59 Å². The smallest absolute Gasteiger partial charge is 0.251 e. The standard InChI is InChI=1S/C28H27N5O2S/c34-27(13-17-32-18-15-29-20-32)31-22-8-5-7-21(19-22)28(35)30-14-6-16-33-23-9-1-3-11-25(23)36-26-12-4-2-10-24(26)33/h1-5,7-12,15,18-20H,6,13-14,16-17H2,(H,30,35)(H,31,34). The number of aryl methyl sites for hydroxylation is 1. The first-order valence-electron chi connectivity index (χ1n) is 11.9. The highest BCUT2D eigenvalue weighted by Gasteiger charge is 2.22. The Labute approximate surface area is 214 Å². The van der Waals surface area contributed by atoms with Crippen LogP contribution in [0.3, 0.4) is 0 Å². The average molecular weight is 498 g/mol. The van der Waals surface area contributed by atoms with Gasteiger partial charge >= 0.3 is 0 Å². The van der Waals surface area contributed by atoms with Crippen LogP contribution in [-0.4, -0.2) is 34.5 Å². The minimum Gasteiger partial charge on any atom is -0.352 e. The molecule has 0 unspecified atom stereocenters. The van der Waals surface area contributed by atoms with Crippen molar-refractivity contribution in [3.05, 3.63) is 97.1 Å². The van der Waals surface area contributed by atoms with Gasteiger partial charge in [0.05, 0.1) is 17.7 Å². The van der Waals surface area contributed by atoms with E-state index in [0.29, 0.717) is 30.8 Å². The number of hydrogen-bond donors (Lipinski definition) is 2. The zero-order valence-corrected chi connectivity index (χ0v) is 20.6. The van der Waals surface area contributed by atoms with E-state index < -0.39 is 0 Å². The van der Waals surface area contributed by atoms with Crippen molar-refractivity contribution in [2.45, 2.75) is 29.2 Å². The molecule has 4 aromatic rings. The van der Waals surface area contributed by atoms with Gasteiger partial charge in [0.2, 0.25) is 5.91 Å². The second-order valence-electron chi connectivity index (χ2n) is 8.48. The third-order valence-electron chi connectivity index (χ3n) is 5.94. The molecular weight excluding hydrogens is 470 g/mol. The van der Waals surface area contributed by atoms with Crippen LogP contribution in [0.4, 0.5) is 17.1 Å². The molecule has 5 rings (SSSR count). The molecular formula is C28H27N5O2S. The summed E-state index contributed by atoms with van der Waals surface area (Å²) in [5.41, 5.74) is 3.53. The fraction of sp³-hybridized carbons (Fsp3) is 0.179. The second kappa shape index (κ2) is 11.1. The molecule has 1 aromatic heterocycles. The third-order valence-corrected chi connectivity index (χ3v) is 7.07. The van der Waals surface area contributed by atoms with Crippen molar-refractivity contribution in [3.8, 4) is 0 Å². The third kappa shape index (κ3) is 5.60. The van der Waals surface area contributed by atoms with Crippen LogP contribution in [0.2, 0.25) is 0 Å². The molecule has 3 aromatic carbocycles. The summed E-state index contributed by atoms with van der Waals surface area (Å²) in [7, 11) is 0. The summed E-state index contributed by atoms with van der Waals surface area (Å²) in [4.78, 5) is 33.8. The maximum atomic E-state index is 12.8. The highest BCUT2D eigenvalue weighted by molar-refractivity contribution is 7.99. The molecule has 2 amide bonds. The Bertz CT molecular complexity index is 1310. The molecule has 7 nitrogen and oxygen atoms in total. The number of imidazole rings is 1. The number of rotatable bonds is 9. The van der Waals surface area contributed by atoms with Crippen molar-refractivity contribution in [1.29, 1.82) is 0 Å². The maximum Gasteiger partial charge on any atom is 0.251 e. The predicted molar refractivity (Wildman–Crippen MR) is 143 cm³/mol. The molecule has 2 heterocycles. The van der Waals surface area contributed by atoms with Crippen molar-refractivity contribution in [2.24, 2.45) is 0 Å². The van der Waals surface area contributed by atoms with Crippen molar-refractivity contribution in [3.63, 3.8) is 0 Å². The largest absolute Gasteiger partial charge is 0.352 e. The Balaban J connectivity index is 1.14. The fourth-order valence-corrected chi connectivity index (χ4v) is 5.27. The van der Waals surface area contributed by atoms with Gasteiger partial charge in [0.1, 0.15) is 0 Å². The number of carbonyl (C=O) groups is 2. The predicted octanol–water partition coefficient (Wildman–Crippen LogP) is 5.33. The summed E-state index contributed by atoms with van der Waals surface area (Å²) in [6, 6.07) is 23.9. The van der Waals surface area contributed by atoms with E-state index in [0.717, 1.165) is 13.0 Å². The van der Waals surface area contributed by atoms with Gasteiger partial charge in [-0.1, -0.05) is 42.1 Å². The number of carbonyl (C=O) groups excluding carboxylic acids is 2. The van der Waals surface area contributed by atoms with Crippen molar-refractivity contribution >= 4 is 40.6 Å². The molecule has 0 aliphatic carbocycles. The van der Waals surface area contributed by atoms with Gasteiger partial charge in [0.15, 0.2) is 0 Å². The van der Waals surface area contributed by atoms with Crippen LogP contribution in [0.5, 0.6) is 0 Å². The van der Waals surface area contributed by atoms with Crippen LogP contribution in [0.15, 0.2) is 101 Å². The summed E-state index contributed by atoms with van der Waals surface area (Å²) in [6.07, 6.45) is 6.31. The van der Waals surface area contributed by atoms with Gasteiger partial charge in [-0.15, -0.1) is 0 Å². The first-order valence-corrected chi connectivity index (χ1v) is 12.8. The molecule has 0 radical (unpaired) electrons. The topological polar surface area (TPSA) is 79.3 Å². The molecule has 0 fully saturated rings. The zero-order valence-electron chi connectivity index (χ0n) is 19.8.